The monoisotopic (exact) mass is 373 g/mol. The van der Waals surface area contributed by atoms with E-state index in [1.807, 2.05) is 18.2 Å². The van der Waals surface area contributed by atoms with Crippen molar-refractivity contribution < 1.29 is 22.6 Å². The number of hydrogen-bond donors (Lipinski definition) is 2. The Balaban J connectivity index is 2.37. The first kappa shape index (κ1) is 21.0. The van der Waals surface area contributed by atoms with Gasteiger partial charge in [-0.1, -0.05) is 0 Å². The van der Waals surface area contributed by atoms with E-state index in [0.29, 0.717) is 25.7 Å². The van der Waals surface area contributed by atoms with Crippen LogP contribution in [-0.4, -0.2) is 67.4 Å². The van der Waals surface area contributed by atoms with Crippen LogP contribution in [0.15, 0.2) is 23.2 Å². The zero-order valence-electron chi connectivity index (χ0n) is 15.2. The van der Waals surface area contributed by atoms with Crippen molar-refractivity contribution >= 4 is 15.8 Å². The number of ether oxygens (including phenoxy) is 3. The average Bonchev–Trinajstić information content (AvgIpc) is 2.59. The summed E-state index contributed by atoms with van der Waals surface area (Å²) in [6, 6.07) is 5.61. The summed E-state index contributed by atoms with van der Waals surface area (Å²) in [6.45, 7) is 1.63. The summed E-state index contributed by atoms with van der Waals surface area (Å²) < 4.78 is 37.8. The number of hydrogen-bond acceptors (Lipinski definition) is 6. The fraction of sp³-hybridized carbons (Fsp3) is 0.562. The van der Waals surface area contributed by atoms with E-state index < -0.39 is 9.84 Å². The van der Waals surface area contributed by atoms with Crippen LogP contribution in [-0.2, 0) is 21.1 Å². The first-order chi connectivity index (χ1) is 11.9. The smallest absolute Gasteiger partial charge is 0.191 e. The van der Waals surface area contributed by atoms with Crippen LogP contribution >= 0.6 is 0 Å². The lowest BCUT2D eigenvalue weighted by molar-refractivity contribution is 0.154. The summed E-state index contributed by atoms with van der Waals surface area (Å²) in [5.41, 5.74) is 0.968. The molecule has 0 saturated carbocycles. The number of sulfone groups is 1. The number of nitrogens with one attached hydrogen (secondary N) is 2. The van der Waals surface area contributed by atoms with Crippen LogP contribution in [0, 0.1) is 0 Å². The molecule has 0 saturated heterocycles. The highest BCUT2D eigenvalue weighted by molar-refractivity contribution is 7.90. The molecule has 1 rings (SSSR count). The van der Waals surface area contributed by atoms with Gasteiger partial charge in [0.05, 0.1) is 33.2 Å². The number of methoxy groups -OCH3 is 2. The molecule has 0 aliphatic carbocycles. The number of benzene rings is 1. The lowest BCUT2D eigenvalue weighted by atomic mass is 10.2. The Morgan fingerprint density at radius 2 is 1.92 bits per heavy atom. The second-order valence-corrected chi connectivity index (χ2v) is 7.53. The Hall–Kier alpha value is -2.00. The largest absolute Gasteiger partial charge is 0.497 e. The van der Waals surface area contributed by atoms with Gasteiger partial charge in [-0.3, -0.25) is 4.99 Å². The first-order valence-corrected chi connectivity index (χ1v) is 9.86. The standard InChI is InChI=1S/C16H27N3O5S/c1-17-16(18-7-8-24-9-10-25(4,20)21)19-12-13-5-6-14(22-2)11-15(13)23-3/h5-6,11H,7-10,12H2,1-4H3,(H2,17,18,19). The number of rotatable bonds is 10. The third kappa shape index (κ3) is 8.59. The zero-order chi connectivity index (χ0) is 18.7. The third-order valence-electron chi connectivity index (χ3n) is 3.30. The van der Waals surface area contributed by atoms with Crippen LogP contribution in [0.3, 0.4) is 0 Å². The van der Waals surface area contributed by atoms with E-state index in [4.69, 9.17) is 14.2 Å². The molecule has 0 aliphatic rings. The van der Waals surface area contributed by atoms with Crippen LogP contribution in [0.4, 0.5) is 0 Å². The summed E-state index contributed by atoms with van der Waals surface area (Å²) in [5, 5.41) is 6.28. The molecule has 1 aromatic carbocycles. The van der Waals surface area contributed by atoms with E-state index in [9.17, 15) is 8.42 Å². The summed E-state index contributed by atoms with van der Waals surface area (Å²) in [7, 11) is 1.90. The maximum absolute atomic E-state index is 11.0. The molecular formula is C16H27N3O5S. The molecule has 0 amide bonds. The second kappa shape index (κ2) is 10.8. The molecule has 0 bridgehead atoms. The van der Waals surface area contributed by atoms with Crippen molar-refractivity contribution in [1.82, 2.24) is 10.6 Å². The minimum absolute atomic E-state index is 0.0250. The van der Waals surface area contributed by atoms with Gasteiger partial charge in [0.1, 0.15) is 21.3 Å². The normalized spacial score (nSPS) is 11.9. The maximum Gasteiger partial charge on any atom is 0.191 e. The fourth-order valence-corrected chi connectivity index (χ4v) is 2.37. The molecule has 0 fully saturated rings. The van der Waals surface area contributed by atoms with Gasteiger partial charge in [-0.15, -0.1) is 0 Å². The zero-order valence-corrected chi connectivity index (χ0v) is 16.0. The SMILES string of the molecule is CN=C(NCCOCCS(C)(=O)=O)NCc1ccc(OC)cc1OC. The number of guanidine groups is 1. The van der Waals surface area contributed by atoms with Gasteiger partial charge in [0.2, 0.25) is 0 Å². The van der Waals surface area contributed by atoms with Crippen LogP contribution in [0.2, 0.25) is 0 Å². The Morgan fingerprint density at radius 1 is 1.16 bits per heavy atom. The molecule has 0 spiro atoms. The molecule has 25 heavy (non-hydrogen) atoms. The van der Waals surface area contributed by atoms with E-state index in [1.165, 1.54) is 6.26 Å². The first-order valence-electron chi connectivity index (χ1n) is 7.80. The van der Waals surface area contributed by atoms with Crippen LogP contribution in [0.5, 0.6) is 11.5 Å². The summed E-state index contributed by atoms with van der Waals surface area (Å²) in [4.78, 5) is 4.13. The molecule has 142 valence electrons. The number of nitrogens with zero attached hydrogens (tertiary/aromatic N) is 1. The molecule has 0 atom stereocenters. The van der Waals surface area contributed by atoms with E-state index in [-0.39, 0.29) is 12.4 Å². The molecule has 0 radical (unpaired) electrons. The van der Waals surface area contributed by atoms with Gasteiger partial charge in [0.25, 0.3) is 0 Å². The molecule has 0 unspecified atom stereocenters. The van der Waals surface area contributed by atoms with Gasteiger partial charge in [-0.25, -0.2) is 8.42 Å². The summed E-state index contributed by atoms with van der Waals surface area (Å²) in [5.74, 6) is 2.10. The van der Waals surface area contributed by atoms with Crippen molar-refractivity contribution in [3.05, 3.63) is 23.8 Å². The molecule has 9 heteroatoms. The molecule has 0 aromatic heterocycles. The van der Waals surface area contributed by atoms with E-state index >= 15 is 0 Å². The Bertz CT molecular complexity index is 662. The minimum Gasteiger partial charge on any atom is -0.497 e. The van der Waals surface area contributed by atoms with Gasteiger partial charge in [-0.05, 0) is 12.1 Å². The van der Waals surface area contributed by atoms with Crippen molar-refractivity contribution in [1.29, 1.82) is 0 Å². The Morgan fingerprint density at radius 3 is 2.52 bits per heavy atom. The van der Waals surface area contributed by atoms with Gasteiger partial charge < -0.3 is 24.8 Å². The highest BCUT2D eigenvalue weighted by atomic mass is 32.2. The lowest BCUT2D eigenvalue weighted by Crippen LogP contribution is -2.38. The molecule has 1 aromatic rings. The van der Waals surface area contributed by atoms with Crippen molar-refractivity contribution in [2.45, 2.75) is 6.54 Å². The van der Waals surface area contributed by atoms with Crippen LogP contribution in [0.25, 0.3) is 0 Å². The highest BCUT2D eigenvalue weighted by Gasteiger charge is 2.06. The van der Waals surface area contributed by atoms with Gasteiger partial charge in [0.15, 0.2) is 5.96 Å². The molecule has 0 heterocycles. The van der Waals surface area contributed by atoms with Crippen LogP contribution in [0.1, 0.15) is 5.56 Å². The quantitative estimate of drug-likeness (QED) is 0.349. The van der Waals surface area contributed by atoms with E-state index in [2.05, 4.69) is 15.6 Å². The van der Waals surface area contributed by atoms with Gasteiger partial charge in [0, 0.05) is 38.0 Å². The Labute approximate surface area is 149 Å². The topological polar surface area (TPSA) is 98.3 Å². The molecule has 8 nitrogen and oxygen atoms in total. The predicted molar refractivity (Wildman–Crippen MR) is 98.3 cm³/mol. The van der Waals surface area contributed by atoms with Crippen molar-refractivity contribution in [3.8, 4) is 11.5 Å². The highest BCUT2D eigenvalue weighted by Crippen LogP contribution is 2.24. The minimum atomic E-state index is -2.99. The predicted octanol–water partition coefficient (Wildman–Crippen LogP) is 0.430. The molecule has 2 N–H and O–H groups in total. The fourth-order valence-electron chi connectivity index (χ4n) is 1.95. The summed E-state index contributed by atoms with van der Waals surface area (Å²) >= 11 is 0. The van der Waals surface area contributed by atoms with Crippen molar-refractivity contribution in [3.63, 3.8) is 0 Å². The number of aliphatic imine (C=N–C) groups is 1. The second-order valence-electron chi connectivity index (χ2n) is 5.27. The summed E-state index contributed by atoms with van der Waals surface area (Å²) in [6.07, 6.45) is 1.19. The van der Waals surface area contributed by atoms with Gasteiger partial charge >= 0.3 is 0 Å². The van der Waals surface area contributed by atoms with E-state index in [0.717, 1.165) is 17.1 Å². The van der Waals surface area contributed by atoms with E-state index in [1.54, 1.807) is 21.3 Å². The van der Waals surface area contributed by atoms with Crippen molar-refractivity contribution in [2.75, 3.05) is 53.0 Å². The third-order valence-corrected chi connectivity index (χ3v) is 4.21. The lowest BCUT2D eigenvalue weighted by Gasteiger charge is -2.14. The van der Waals surface area contributed by atoms with Crippen molar-refractivity contribution in [2.24, 2.45) is 4.99 Å². The Kier molecular flexibility index (Phi) is 9.07. The molecule has 0 aliphatic heterocycles. The average molecular weight is 373 g/mol. The molecular weight excluding hydrogens is 346 g/mol. The van der Waals surface area contributed by atoms with Crippen LogP contribution < -0.4 is 20.1 Å². The maximum atomic E-state index is 11.0. The van der Waals surface area contributed by atoms with Gasteiger partial charge in [-0.2, -0.15) is 0 Å².